The second kappa shape index (κ2) is 9.46. The zero-order valence-corrected chi connectivity index (χ0v) is 19.8. The first kappa shape index (κ1) is 21.8. The minimum Gasteiger partial charge on any atom is -0.376 e. The van der Waals surface area contributed by atoms with Gasteiger partial charge < -0.3 is 4.74 Å². The largest absolute Gasteiger partial charge is 0.376 e. The van der Waals surface area contributed by atoms with Crippen molar-refractivity contribution in [1.29, 1.82) is 0 Å². The Kier molecular flexibility index (Phi) is 6.25. The third-order valence-corrected chi connectivity index (χ3v) is 7.56. The van der Waals surface area contributed by atoms with Gasteiger partial charge in [-0.15, -0.1) is 0 Å². The van der Waals surface area contributed by atoms with Gasteiger partial charge in [-0.3, -0.25) is 9.69 Å². The molecule has 0 spiro atoms. The Morgan fingerprint density at radius 2 is 1.64 bits per heavy atom. The maximum Gasteiger partial charge on any atom is 0.240 e. The van der Waals surface area contributed by atoms with Gasteiger partial charge in [-0.2, -0.15) is 0 Å². The van der Waals surface area contributed by atoms with Crippen molar-refractivity contribution in [3.8, 4) is 0 Å². The van der Waals surface area contributed by atoms with Crippen LogP contribution in [0.5, 0.6) is 0 Å². The lowest BCUT2D eigenvalue weighted by molar-refractivity contribution is -0.119. The molecule has 0 saturated carbocycles. The number of nitrogens with zero attached hydrogens (tertiary/aromatic N) is 2. The molecule has 1 amide bonds. The van der Waals surface area contributed by atoms with E-state index in [9.17, 15) is 4.79 Å². The van der Waals surface area contributed by atoms with Crippen molar-refractivity contribution in [3.05, 3.63) is 95.1 Å². The average Bonchev–Trinajstić information content (AvgIpc) is 3.52. The number of carbonyl (C=O) groups excluding carboxylic acids is 1. The molecule has 1 saturated heterocycles. The molecule has 5 rings (SSSR count). The quantitative estimate of drug-likeness (QED) is 0.344. The monoisotopic (exact) mass is 456 g/mol. The molecule has 0 radical (unpaired) electrons. The van der Waals surface area contributed by atoms with Crippen molar-refractivity contribution in [2.24, 2.45) is 0 Å². The first-order valence-electron chi connectivity index (χ1n) is 11.5. The minimum absolute atomic E-state index is 0.0374. The van der Waals surface area contributed by atoms with Crippen LogP contribution < -0.4 is 4.90 Å². The van der Waals surface area contributed by atoms with Crippen LogP contribution >= 0.6 is 11.3 Å². The summed E-state index contributed by atoms with van der Waals surface area (Å²) in [5.41, 5.74) is 5.27. The Bertz CT molecular complexity index is 1170. The molecule has 1 aliphatic heterocycles. The fourth-order valence-electron chi connectivity index (χ4n) is 4.54. The summed E-state index contributed by atoms with van der Waals surface area (Å²) in [6, 6.07) is 24.3. The number of hydrogen-bond acceptors (Lipinski definition) is 4. The van der Waals surface area contributed by atoms with E-state index in [0.717, 1.165) is 51.5 Å². The number of rotatable bonds is 6. The zero-order valence-electron chi connectivity index (χ0n) is 19.0. The molecule has 5 heteroatoms. The number of amides is 1. The molecule has 1 aliphatic rings. The summed E-state index contributed by atoms with van der Waals surface area (Å²) < 4.78 is 7.10. The molecule has 168 valence electrons. The van der Waals surface area contributed by atoms with Gasteiger partial charge in [0.2, 0.25) is 5.91 Å². The second-order valence-electron chi connectivity index (χ2n) is 8.71. The Morgan fingerprint density at radius 1 is 1.00 bits per heavy atom. The van der Waals surface area contributed by atoms with Crippen LogP contribution in [0.1, 0.15) is 41.0 Å². The van der Waals surface area contributed by atoms with E-state index in [1.54, 1.807) is 11.3 Å². The summed E-state index contributed by atoms with van der Waals surface area (Å²) >= 11 is 1.60. The van der Waals surface area contributed by atoms with E-state index in [2.05, 4.69) is 26.0 Å². The van der Waals surface area contributed by atoms with Gasteiger partial charge in [0.1, 0.15) is 0 Å². The number of aromatic nitrogens is 1. The fraction of sp³-hybridized carbons (Fsp3) is 0.286. The van der Waals surface area contributed by atoms with E-state index in [0.29, 0.717) is 6.54 Å². The second-order valence-corrected chi connectivity index (χ2v) is 9.69. The highest BCUT2D eigenvalue weighted by Crippen LogP contribution is 2.36. The van der Waals surface area contributed by atoms with Gasteiger partial charge in [-0.05, 0) is 48.9 Å². The van der Waals surface area contributed by atoms with Crippen molar-refractivity contribution in [1.82, 2.24) is 4.98 Å². The highest BCUT2D eigenvalue weighted by Gasteiger charge is 2.33. The van der Waals surface area contributed by atoms with Crippen LogP contribution in [-0.2, 0) is 9.53 Å². The fourth-order valence-corrected chi connectivity index (χ4v) is 5.67. The lowest BCUT2D eigenvalue weighted by Crippen LogP contribution is -2.40. The predicted molar refractivity (Wildman–Crippen MR) is 135 cm³/mol. The highest BCUT2D eigenvalue weighted by atomic mass is 32.1. The molecule has 33 heavy (non-hydrogen) atoms. The van der Waals surface area contributed by atoms with E-state index >= 15 is 0 Å². The maximum atomic E-state index is 14.3. The molecule has 0 bridgehead atoms. The first-order valence-corrected chi connectivity index (χ1v) is 12.3. The van der Waals surface area contributed by atoms with E-state index in [1.165, 1.54) is 5.56 Å². The number of fused-ring (bicyclic) bond motifs is 1. The average molecular weight is 457 g/mol. The maximum absolute atomic E-state index is 14.3. The summed E-state index contributed by atoms with van der Waals surface area (Å²) in [5.74, 6) is -0.361. The van der Waals surface area contributed by atoms with Gasteiger partial charge in [-0.1, -0.05) is 84.1 Å². The Labute approximate surface area is 198 Å². The van der Waals surface area contributed by atoms with Crippen molar-refractivity contribution in [2.75, 3.05) is 18.1 Å². The van der Waals surface area contributed by atoms with E-state index in [1.807, 2.05) is 65.6 Å². The third kappa shape index (κ3) is 4.43. The van der Waals surface area contributed by atoms with Crippen LogP contribution in [-0.4, -0.2) is 30.1 Å². The molecule has 1 aromatic heterocycles. The third-order valence-electron chi connectivity index (χ3n) is 6.35. The summed E-state index contributed by atoms with van der Waals surface area (Å²) in [6.07, 6.45) is 2.04. The van der Waals surface area contributed by atoms with Crippen LogP contribution in [0.25, 0.3) is 10.2 Å². The Morgan fingerprint density at radius 3 is 2.21 bits per heavy atom. The molecule has 0 aliphatic carbocycles. The SMILES string of the molecule is Cc1ccc(C)c2sc(N(CC3CCCO3)C(=O)C(c3ccccc3)c3ccccc3)nc12. The lowest BCUT2D eigenvalue weighted by atomic mass is 9.90. The van der Waals surface area contributed by atoms with Crippen LogP contribution in [0.2, 0.25) is 0 Å². The molecule has 0 N–H and O–H groups in total. The van der Waals surface area contributed by atoms with Crippen LogP contribution in [0.4, 0.5) is 5.13 Å². The van der Waals surface area contributed by atoms with Gasteiger partial charge in [0, 0.05) is 6.61 Å². The number of aryl methyl sites for hydroxylation is 2. The van der Waals surface area contributed by atoms with Crippen LogP contribution in [0.3, 0.4) is 0 Å². The minimum atomic E-state index is -0.400. The number of thiazole rings is 1. The topological polar surface area (TPSA) is 42.4 Å². The molecule has 4 aromatic rings. The molecule has 4 nitrogen and oxygen atoms in total. The van der Waals surface area contributed by atoms with Crippen LogP contribution in [0.15, 0.2) is 72.8 Å². The summed E-state index contributed by atoms with van der Waals surface area (Å²) in [4.78, 5) is 21.2. The number of benzene rings is 3. The molecule has 2 heterocycles. The van der Waals surface area contributed by atoms with Gasteiger partial charge in [0.25, 0.3) is 0 Å². The summed E-state index contributed by atoms with van der Waals surface area (Å²) in [6.45, 7) is 5.46. The van der Waals surface area contributed by atoms with E-state index < -0.39 is 5.92 Å². The number of carbonyl (C=O) groups is 1. The number of hydrogen-bond donors (Lipinski definition) is 0. The van der Waals surface area contributed by atoms with Gasteiger partial charge in [0.15, 0.2) is 5.13 Å². The number of anilines is 1. The lowest BCUT2D eigenvalue weighted by Gasteiger charge is -2.28. The van der Waals surface area contributed by atoms with Gasteiger partial charge in [-0.25, -0.2) is 4.98 Å². The standard InChI is InChI=1S/C28H28N2O2S/c1-19-15-16-20(2)26-25(19)29-28(33-26)30(18-23-14-9-17-32-23)27(31)24(21-10-5-3-6-11-21)22-12-7-4-8-13-22/h3-8,10-13,15-16,23-24H,9,14,17-18H2,1-2H3. The first-order chi connectivity index (χ1) is 16.1. The van der Waals surface area contributed by atoms with E-state index in [-0.39, 0.29) is 12.0 Å². The predicted octanol–water partition coefficient (Wildman–Crippen LogP) is 6.26. The van der Waals surface area contributed by atoms with E-state index in [4.69, 9.17) is 9.72 Å². The number of ether oxygens (including phenoxy) is 1. The highest BCUT2D eigenvalue weighted by molar-refractivity contribution is 7.22. The molecule has 1 unspecified atom stereocenters. The smallest absolute Gasteiger partial charge is 0.240 e. The van der Waals surface area contributed by atoms with Crippen LogP contribution in [0, 0.1) is 13.8 Å². The van der Waals surface area contributed by atoms with Crippen molar-refractivity contribution < 1.29 is 9.53 Å². The van der Waals surface area contributed by atoms with Gasteiger partial charge in [0.05, 0.1) is 28.8 Å². The molecular weight excluding hydrogens is 428 g/mol. The van der Waals surface area contributed by atoms with Crippen molar-refractivity contribution >= 4 is 32.6 Å². The molecular formula is C28H28N2O2S. The zero-order chi connectivity index (χ0) is 22.8. The van der Waals surface area contributed by atoms with Gasteiger partial charge >= 0.3 is 0 Å². The molecule has 1 fully saturated rings. The van der Waals surface area contributed by atoms with Crippen molar-refractivity contribution in [2.45, 2.75) is 38.7 Å². The van der Waals surface area contributed by atoms with Crippen molar-refractivity contribution in [3.63, 3.8) is 0 Å². The molecule has 1 atom stereocenters. The summed E-state index contributed by atoms with van der Waals surface area (Å²) in [7, 11) is 0. The molecule has 3 aromatic carbocycles. The summed E-state index contributed by atoms with van der Waals surface area (Å²) in [5, 5.41) is 0.750. The Hall–Kier alpha value is -3.02. The Balaban J connectivity index is 1.61. The normalized spacial score (nSPS) is 15.9.